The highest BCUT2D eigenvalue weighted by molar-refractivity contribution is 6.42. The molecule has 1 aromatic rings. The highest BCUT2D eigenvalue weighted by Crippen LogP contribution is 2.23. The normalized spacial score (nSPS) is 10.7. The van der Waals surface area contributed by atoms with E-state index in [1.54, 1.807) is 24.1 Å². The number of amides is 1. The summed E-state index contributed by atoms with van der Waals surface area (Å²) < 4.78 is 0. The van der Waals surface area contributed by atoms with Gasteiger partial charge in [0.25, 0.3) is 0 Å². The molecule has 94 valence electrons. The lowest BCUT2D eigenvalue weighted by Gasteiger charge is -2.18. The molecule has 0 spiro atoms. The van der Waals surface area contributed by atoms with Gasteiger partial charge in [0.15, 0.2) is 0 Å². The maximum Gasteiger partial charge on any atom is 0.222 e. The van der Waals surface area contributed by atoms with Crippen LogP contribution in [0.25, 0.3) is 0 Å². The van der Waals surface area contributed by atoms with Crippen LogP contribution in [-0.4, -0.2) is 17.9 Å². The second kappa shape index (κ2) is 6.27. The number of hydrogen-bond donors (Lipinski definition) is 0. The molecule has 17 heavy (non-hydrogen) atoms. The van der Waals surface area contributed by atoms with Crippen molar-refractivity contribution >= 4 is 29.1 Å². The minimum atomic E-state index is 0.145. The smallest absolute Gasteiger partial charge is 0.222 e. The lowest BCUT2D eigenvalue weighted by molar-refractivity contribution is -0.131. The molecule has 0 bridgehead atoms. The van der Waals surface area contributed by atoms with Crippen molar-refractivity contribution in [3.8, 4) is 0 Å². The molecule has 0 unspecified atom stereocenters. The fourth-order valence-electron chi connectivity index (χ4n) is 1.51. The maximum atomic E-state index is 11.8. The minimum Gasteiger partial charge on any atom is -0.341 e. The van der Waals surface area contributed by atoms with Crippen LogP contribution in [0.4, 0.5) is 0 Å². The molecule has 4 heteroatoms. The SMILES string of the molecule is CC(C)CC(=O)N(C)Cc1ccc(Cl)c(Cl)c1. The fraction of sp³-hybridized carbons (Fsp3) is 0.462. The van der Waals surface area contributed by atoms with E-state index in [4.69, 9.17) is 23.2 Å². The first kappa shape index (κ1) is 14.3. The van der Waals surface area contributed by atoms with Crippen LogP contribution in [0.2, 0.25) is 10.0 Å². The Kier molecular flexibility index (Phi) is 5.29. The highest BCUT2D eigenvalue weighted by atomic mass is 35.5. The van der Waals surface area contributed by atoms with Crippen molar-refractivity contribution in [1.82, 2.24) is 4.90 Å². The van der Waals surface area contributed by atoms with E-state index in [1.807, 2.05) is 19.9 Å². The summed E-state index contributed by atoms with van der Waals surface area (Å²) in [5.74, 6) is 0.518. The van der Waals surface area contributed by atoms with Crippen LogP contribution < -0.4 is 0 Å². The van der Waals surface area contributed by atoms with E-state index >= 15 is 0 Å². The van der Waals surface area contributed by atoms with Gasteiger partial charge in [-0.3, -0.25) is 4.79 Å². The molecule has 0 aliphatic heterocycles. The molecular weight excluding hydrogens is 257 g/mol. The summed E-state index contributed by atoms with van der Waals surface area (Å²) >= 11 is 11.8. The van der Waals surface area contributed by atoms with E-state index in [-0.39, 0.29) is 5.91 Å². The molecule has 0 aliphatic rings. The Morgan fingerprint density at radius 3 is 2.47 bits per heavy atom. The molecule has 0 saturated carbocycles. The van der Waals surface area contributed by atoms with Crippen molar-refractivity contribution in [3.05, 3.63) is 33.8 Å². The maximum absolute atomic E-state index is 11.8. The number of benzene rings is 1. The lowest BCUT2D eigenvalue weighted by atomic mass is 10.1. The molecule has 1 amide bonds. The summed E-state index contributed by atoms with van der Waals surface area (Å²) in [6.07, 6.45) is 0.567. The molecule has 0 aliphatic carbocycles. The third kappa shape index (κ3) is 4.57. The Morgan fingerprint density at radius 1 is 1.29 bits per heavy atom. The zero-order valence-corrected chi connectivity index (χ0v) is 11.8. The topological polar surface area (TPSA) is 20.3 Å². The van der Waals surface area contributed by atoms with Crippen LogP contribution in [0, 0.1) is 5.92 Å². The van der Waals surface area contributed by atoms with Crippen molar-refractivity contribution in [1.29, 1.82) is 0 Å². The molecule has 0 heterocycles. The van der Waals surface area contributed by atoms with Crippen molar-refractivity contribution < 1.29 is 4.79 Å². The summed E-state index contributed by atoms with van der Waals surface area (Å²) in [4.78, 5) is 13.5. The summed E-state index contributed by atoms with van der Waals surface area (Å²) in [6, 6.07) is 5.43. The molecule has 0 N–H and O–H groups in total. The van der Waals surface area contributed by atoms with Gasteiger partial charge in [0.2, 0.25) is 5.91 Å². The number of rotatable bonds is 4. The number of carbonyl (C=O) groups excluding carboxylic acids is 1. The van der Waals surface area contributed by atoms with Crippen LogP contribution >= 0.6 is 23.2 Å². The Labute approximate surface area is 113 Å². The van der Waals surface area contributed by atoms with Gasteiger partial charge in [-0.1, -0.05) is 43.1 Å². The Bertz CT molecular complexity index is 404. The molecule has 2 nitrogen and oxygen atoms in total. The van der Waals surface area contributed by atoms with E-state index in [9.17, 15) is 4.79 Å². The van der Waals surface area contributed by atoms with Crippen LogP contribution in [0.3, 0.4) is 0 Å². The molecular formula is C13H17Cl2NO. The largest absolute Gasteiger partial charge is 0.341 e. The Morgan fingerprint density at radius 2 is 1.94 bits per heavy atom. The average Bonchev–Trinajstić information content (AvgIpc) is 2.22. The second-order valence-electron chi connectivity index (χ2n) is 4.60. The summed E-state index contributed by atoms with van der Waals surface area (Å²) in [6.45, 7) is 4.62. The zero-order valence-electron chi connectivity index (χ0n) is 10.3. The van der Waals surface area contributed by atoms with Crippen LogP contribution in [0.1, 0.15) is 25.8 Å². The first-order valence-corrected chi connectivity index (χ1v) is 6.33. The predicted octanol–water partition coefficient (Wildman–Crippen LogP) is 4.00. The van der Waals surface area contributed by atoms with Crippen molar-refractivity contribution in [2.24, 2.45) is 5.92 Å². The van der Waals surface area contributed by atoms with Crippen LogP contribution in [-0.2, 0) is 11.3 Å². The van der Waals surface area contributed by atoms with Crippen molar-refractivity contribution in [2.45, 2.75) is 26.8 Å². The third-order valence-electron chi connectivity index (χ3n) is 2.41. The van der Waals surface area contributed by atoms with E-state index in [0.29, 0.717) is 28.9 Å². The van der Waals surface area contributed by atoms with Gasteiger partial charge in [-0.25, -0.2) is 0 Å². The predicted molar refractivity (Wildman–Crippen MR) is 72.4 cm³/mol. The van der Waals surface area contributed by atoms with Gasteiger partial charge in [-0.05, 0) is 23.6 Å². The van der Waals surface area contributed by atoms with Gasteiger partial charge in [0.1, 0.15) is 0 Å². The molecule has 0 atom stereocenters. The van der Waals surface area contributed by atoms with Gasteiger partial charge < -0.3 is 4.90 Å². The summed E-state index contributed by atoms with van der Waals surface area (Å²) in [5.41, 5.74) is 0.985. The fourth-order valence-corrected chi connectivity index (χ4v) is 1.83. The highest BCUT2D eigenvalue weighted by Gasteiger charge is 2.11. The summed E-state index contributed by atoms with van der Waals surface area (Å²) in [7, 11) is 1.80. The molecule has 0 saturated heterocycles. The van der Waals surface area contributed by atoms with E-state index in [0.717, 1.165) is 5.56 Å². The quantitative estimate of drug-likeness (QED) is 0.812. The Hall–Kier alpha value is -0.730. The average molecular weight is 274 g/mol. The molecule has 1 rings (SSSR count). The van der Waals surface area contributed by atoms with E-state index in [1.165, 1.54) is 0 Å². The van der Waals surface area contributed by atoms with Crippen LogP contribution in [0.5, 0.6) is 0 Å². The summed E-state index contributed by atoms with van der Waals surface area (Å²) in [5, 5.41) is 1.06. The van der Waals surface area contributed by atoms with Gasteiger partial charge in [-0.15, -0.1) is 0 Å². The number of halogens is 2. The molecule has 0 fully saturated rings. The zero-order chi connectivity index (χ0) is 13.0. The number of nitrogens with zero attached hydrogens (tertiary/aromatic N) is 1. The number of hydrogen-bond acceptors (Lipinski definition) is 1. The van der Waals surface area contributed by atoms with Crippen molar-refractivity contribution in [2.75, 3.05) is 7.05 Å². The molecule has 0 aromatic heterocycles. The minimum absolute atomic E-state index is 0.145. The van der Waals surface area contributed by atoms with Gasteiger partial charge in [0.05, 0.1) is 10.0 Å². The second-order valence-corrected chi connectivity index (χ2v) is 5.41. The van der Waals surface area contributed by atoms with E-state index in [2.05, 4.69) is 0 Å². The monoisotopic (exact) mass is 273 g/mol. The van der Waals surface area contributed by atoms with Crippen molar-refractivity contribution in [3.63, 3.8) is 0 Å². The van der Waals surface area contributed by atoms with E-state index < -0.39 is 0 Å². The first-order chi connectivity index (χ1) is 7.90. The third-order valence-corrected chi connectivity index (χ3v) is 3.15. The van der Waals surface area contributed by atoms with Gasteiger partial charge in [-0.2, -0.15) is 0 Å². The lowest BCUT2D eigenvalue weighted by Crippen LogP contribution is -2.27. The molecule has 1 aromatic carbocycles. The molecule has 0 radical (unpaired) electrons. The van der Waals surface area contributed by atoms with Gasteiger partial charge in [0, 0.05) is 20.0 Å². The Balaban J connectivity index is 2.64. The number of carbonyl (C=O) groups is 1. The first-order valence-electron chi connectivity index (χ1n) is 5.58. The van der Waals surface area contributed by atoms with Gasteiger partial charge >= 0.3 is 0 Å². The van der Waals surface area contributed by atoms with Crippen LogP contribution in [0.15, 0.2) is 18.2 Å². The standard InChI is InChI=1S/C13H17Cl2NO/c1-9(2)6-13(17)16(3)8-10-4-5-11(14)12(15)7-10/h4-5,7,9H,6,8H2,1-3H3.